The van der Waals surface area contributed by atoms with Gasteiger partial charge in [-0.1, -0.05) is 12.1 Å². The van der Waals surface area contributed by atoms with Crippen molar-refractivity contribution in [3.63, 3.8) is 0 Å². The second-order valence-corrected chi connectivity index (χ2v) is 6.20. The van der Waals surface area contributed by atoms with Crippen molar-refractivity contribution < 1.29 is 14.3 Å². The number of ether oxygens (including phenoxy) is 2. The lowest BCUT2D eigenvalue weighted by atomic mass is 10.2. The number of nitrogens with one attached hydrogen (secondary N) is 1. The first kappa shape index (κ1) is 16.5. The van der Waals surface area contributed by atoms with Gasteiger partial charge in [-0.3, -0.25) is 9.20 Å². The number of nitrogens with zero attached hydrogens (tertiary/aromatic N) is 3. The number of hydrogen-bond donors (Lipinski definition) is 1. The Labute approximate surface area is 151 Å². The number of hydrogen-bond acceptors (Lipinski definition) is 5. The molecular weight excluding hydrogens is 332 g/mol. The molecule has 3 aromatic rings. The van der Waals surface area contributed by atoms with Crippen molar-refractivity contribution >= 4 is 11.6 Å². The minimum Gasteiger partial charge on any atom is -0.491 e. The van der Waals surface area contributed by atoms with E-state index in [0.717, 1.165) is 25.1 Å². The molecule has 7 heteroatoms. The largest absolute Gasteiger partial charge is 0.491 e. The molecule has 4 rings (SSSR count). The predicted molar refractivity (Wildman–Crippen MR) is 95.1 cm³/mol. The van der Waals surface area contributed by atoms with Gasteiger partial charge in [0.25, 0.3) is 5.91 Å². The van der Waals surface area contributed by atoms with E-state index in [1.54, 1.807) is 12.1 Å². The molecule has 0 spiro atoms. The van der Waals surface area contributed by atoms with Gasteiger partial charge in [-0.15, -0.1) is 10.2 Å². The third-order valence-corrected chi connectivity index (χ3v) is 4.35. The summed E-state index contributed by atoms with van der Waals surface area (Å²) in [6.07, 6.45) is 4.12. The predicted octanol–water partition coefficient (Wildman–Crippen LogP) is 2.22. The van der Waals surface area contributed by atoms with Crippen LogP contribution in [0.4, 0.5) is 0 Å². The van der Waals surface area contributed by atoms with Crippen molar-refractivity contribution in [3.8, 4) is 5.75 Å². The Morgan fingerprint density at radius 2 is 2.23 bits per heavy atom. The van der Waals surface area contributed by atoms with Crippen molar-refractivity contribution in [1.29, 1.82) is 0 Å². The van der Waals surface area contributed by atoms with Crippen LogP contribution in [-0.2, 0) is 11.3 Å². The van der Waals surface area contributed by atoms with Gasteiger partial charge in [0.05, 0.1) is 12.6 Å². The van der Waals surface area contributed by atoms with Gasteiger partial charge in [-0.2, -0.15) is 0 Å². The zero-order valence-corrected chi connectivity index (χ0v) is 14.3. The Bertz CT molecular complexity index is 902. The Kier molecular flexibility index (Phi) is 4.79. The van der Waals surface area contributed by atoms with E-state index in [0.29, 0.717) is 30.3 Å². The van der Waals surface area contributed by atoms with Crippen molar-refractivity contribution in [2.24, 2.45) is 0 Å². The summed E-state index contributed by atoms with van der Waals surface area (Å²) in [5.41, 5.74) is 1.30. The molecule has 1 unspecified atom stereocenters. The number of amides is 1. The van der Waals surface area contributed by atoms with Crippen LogP contribution in [0.3, 0.4) is 0 Å². The molecule has 0 radical (unpaired) electrons. The maximum absolute atomic E-state index is 12.4. The van der Waals surface area contributed by atoms with Crippen molar-refractivity contribution in [2.75, 3.05) is 13.2 Å². The summed E-state index contributed by atoms with van der Waals surface area (Å²) in [5.74, 6) is 1.17. The van der Waals surface area contributed by atoms with Crippen LogP contribution in [-0.4, -0.2) is 39.8 Å². The van der Waals surface area contributed by atoms with Crippen LogP contribution in [0.15, 0.2) is 48.7 Å². The molecule has 0 bridgehead atoms. The van der Waals surface area contributed by atoms with E-state index in [1.807, 2.05) is 40.9 Å². The fraction of sp³-hybridized carbons (Fsp3) is 0.316. The summed E-state index contributed by atoms with van der Waals surface area (Å²) >= 11 is 0. The highest BCUT2D eigenvalue weighted by atomic mass is 16.5. The molecule has 3 heterocycles. The van der Waals surface area contributed by atoms with Gasteiger partial charge in [-0.05, 0) is 43.2 Å². The number of carbonyl (C=O) groups is 1. The quantitative estimate of drug-likeness (QED) is 0.736. The molecule has 7 nitrogen and oxygen atoms in total. The van der Waals surface area contributed by atoms with Crippen LogP contribution >= 0.6 is 0 Å². The van der Waals surface area contributed by atoms with E-state index >= 15 is 0 Å². The lowest BCUT2D eigenvalue weighted by Gasteiger charge is -2.12. The Morgan fingerprint density at radius 3 is 3.12 bits per heavy atom. The molecular formula is C19H20N4O3. The highest BCUT2D eigenvalue weighted by Crippen LogP contribution is 2.17. The Morgan fingerprint density at radius 1 is 1.27 bits per heavy atom. The minimum atomic E-state index is -0.180. The average Bonchev–Trinajstić information content (AvgIpc) is 3.34. The molecule has 1 saturated heterocycles. The van der Waals surface area contributed by atoms with Crippen LogP contribution < -0.4 is 10.1 Å². The fourth-order valence-electron chi connectivity index (χ4n) is 2.96. The summed E-state index contributed by atoms with van der Waals surface area (Å²) in [5, 5.41) is 11.1. The minimum absolute atomic E-state index is 0.147. The Balaban J connectivity index is 1.37. The number of aromatic nitrogens is 3. The molecule has 0 saturated carbocycles. The molecule has 134 valence electrons. The first-order valence-electron chi connectivity index (χ1n) is 8.71. The molecule has 0 aliphatic carbocycles. The van der Waals surface area contributed by atoms with E-state index in [4.69, 9.17) is 9.47 Å². The molecule has 1 aliphatic heterocycles. The third kappa shape index (κ3) is 3.67. The molecule has 1 fully saturated rings. The molecule has 26 heavy (non-hydrogen) atoms. The first-order valence-corrected chi connectivity index (χ1v) is 8.71. The lowest BCUT2D eigenvalue weighted by Crippen LogP contribution is -2.24. The highest BCUT2D eigenvalue weighted by Gasteiger charge is 2.16. The summed E-state index contributed by atoms with van der Waals surface area (Å²) in [7, 11) is 0. The smallest absolute Gasteiger partial charge is 0.251 e. The monoisotopic (exact) mass is 352 g/mol. The van der Waals surface area contributed by atoms with Gasteiger partial charge in [0.2, 0.25) is 0 Å². The molecule has 1 amide bonds. The van der Waals surface area contributed by atoms with Crippen LogP contribution in [0.2, 0.25) is 0 Å². The van der Waals surface area contributed by atoms with Crippen LogP contribution in [0.25, 0.3) is 5.65 Å². The van der Waals surface area contributed by atoms with Crippen molar-refractivity contribution in [1.82, 2.24) is 19.9 Å². The van der Waals surface area contributed by atoms with Crippen LogP contribution in [0, 0.1) is 0 Å². The second-order valence-electron chi connectivity index (χ2n) is 6.20. The lowest BCUT2D eigenvalue weighted by molar-refractivity contribution is 0.0679. The number of carbonyl (C=O) groups excluding carboxylic acids is 1. The zero-order valence-electron chi connectivity index (χ0n) is 14.3. The van der Waals surface area contributed by atoms with E-state index in [9.17, 15) is 4.79 Å². The van der Waals surface area contributed by atoms with E-state index in [-0.39, 0.29) is 12.0 Å². The highest BCUT2D eigenvalue weighted by molar-refractivity contribution is 5.94. The molecule has 2 aromatic heterocycles. The standard InChI is InChI=1S/C19H20N4O3/c24-19(20-12-18-22-21-17-8-1-2-9-23(17)18)14-5-3-6-15(11-14)26-13-16-7-4-10-25-16/h1-3,5-6,8-9,11,16H,4,7,10,12-13H2,(H,20,24). The summed E-state index contributed by atoms with van der Waals surface area (Å²) in [6, 6.07) is 12.8. The van der Waals surface area contributed by atoms with Crippen molar-refractivity contribution in [2.45, 2.75) is 25.5 Å². The molecule has 1 aromatic carbocycles. The molecule has 1 atom stereocenters. The van der Waals surface area contributed by atoms with Crippen molar-refractivity contribution in [3.05, 3.63) is 60.0 Å². The number of pyridine rings is 1. The van der Waals surface area contributed by atoms with Gasteiger partial charge in [0.1, 0.15) is 12.4 Å². The van der Waals surface area contributed by atoms with E-state index < -0.39 is 0 Å². The third-order valence-electron chi connectivity index (χ3n) is 4.35. The van der Waals surface area contributed by atoms with Gasteiger partial charge < -0.3 is 14.8 Å². The number of fused-ring (bicyclic) bond motifs is 1. The first-order chi connectivity index (χ1) is 12.8. The zero-order chi connectivity index (χ0) is 17.8. The average molecular weight is 352 g/mol. The number of benzene rings is 1. The summed E-state index contributed by atoms with van der Waals surface area (Å²) in [4.78, 5) is 12.4. The summed E-state index contributed by atoms with van der Waals surface area (Å²) in [6.45, 7) is 1.61. The second kappa shape index (κ2) is 7.53. The number of rotatable bonds is 6. The normalized spacial score (nSPS) is 16.7. The summed E-state index contributed by atoms with van der Waals surface area (Å²) < 4.78 is 13.2. The maximum atomic E-state index is 12.4. The molecule has 1 N–H and O–H groups in total. The van der Waals surface area contributed by atoms with Crippen LogP contribution in [0.1, 0.15) is 29.0 Å². The van der Waals surface area contributed by atoms with E-state index in [2.05, 4.69) is 15.5 Å². The topological polar surface area (TPSA) is 77.8 Å². The fourth-order valence-corrected chi connectivity index (χ4v) is 2.96. The van der Waals surface area contributed by atoms with Gasteiger partial charge in [0, 0.05) is 18.4 Å². The van der Waals surface area contributed by atoms with E-state index in [1.165, 1.54) is 0 Å². The van der Waals surface area contributed by atoms with Gasteiger partial charge in [0.15, 0.2) is 11.5 Å². The maximum Gasteiger partial charge on any atom is 0.251 e. The van der Waals surface area contributed by atoms with Gasteiger partial charge in [-0.25, -0.2) is 0 Å². The SMILES string of the molecule is O=C(NCc1nnc2ccccn12)c1cccc(OCC2CCCO2)c1. The Hall–Kier alpha value is -2.93. The van der Waals surface area contributed by atoms with Crippen LogP contribution in [0.5, 0.6) is 5.75 Å². The van der Waals surface area contributed by atoms with Gasteiger partial charge >= 0.3 is 0 Å². The molecule has 1 aliphatic rings.